The third-order valence-corrected chi connectivity index (χ3v) is 8.75. The van der Waals surface area contributed by atoms with E-state index in [0.717, 1.165) is 37.7 Å². The molecule has 154 valence electrons. The molecule has 0 aromatic heterocycles. The number of halogens is 1. The first-order valence-electron chi connectivity index (χ1n) is 10.7. The summed E-state index contributed by atoms with van der Waals surface area (Å²) in [7, 11) is 0. The summed E-state index contributed by atoms with van der Waals surface area (Å²) in [5.41, 5.74) is 0.367. The fraction of sp³-hybridized carbons (Fsp3) is 0.783. The topological polar surface area (TPSA) is 60.4 Å². The van der Waals surface area contributed by atoms with Gasteiger partial charge < -0.3 is 4.74 Å². The third kappa shape index (κ3) is 2.88. The van der Waals surface area contributed by atoms with Crippen molar-refractivity contribution < 1.29 is 23.5 Å². The fourth-order valence-corrected chi connectivity index (χ4v) is 7.36. The van der Waals surface area contributed by atoms with E-state index < -0.39 is 12.1 Å². The number of carbonyl (C=O) groups excluding carboxylic acids is 3. The zero-order chi connectivity index (χ0) is 20.3. The van der Waals surface area contributed by atoms with Gasteiger partial charge in [0.2, 0.25) is 0 Å². The summed E-state index contributed by atoms with van der Waals surface area (Å²) >= 11 is 0. The van der Waals surface area contributed by atoms with Gasteiger partial charge in [-0.05, 0) is 78.8 Å². The number of rotatable bonds is 3. The van der Waals surface area contributed by atoms with Gasteiger partial charge in [0.1, 0.15) is 12.8 Å². The summed E-state index contributed by atoms with van der Waals surface area (Å²) in [5, 5.41) is 0. The van der Waals surface area contributed by atoms with Crippen molar-refractivity contribution in [1.82, 2.24) is 0 Å². The predicted octanol–water partition coefficient (Wildman–Crippen LogP) is 4.21. The molecule has 0 aromatic rings. The Hall–Kier alpha value is -1.52. The Labute approximate surface area is 166 Å². The second-order valence-corrected chi connectivity index (χ2v) is 9.98. The lowest BCUT2D eigenvalue weighted by Crippen LogP contribution is -2.53. The first-order chi connectivity index (χ1) is 13.2. The normalized spacial score (nSPS) is 44.8. The molecule has 4 nitrogen and oxygen atoms in total. The smallest absolute Gasteiger partial charge is 0.303 e. The molecule has 0 amide bonds. The van der Waals surface area contributed by atoms with E-state index in [1.807, 2.05) is 0 Å². The van der Waals surface area contributed by atoms with Gasteiger partial charge in [-0.2, -0.15) is 0 Å². The Morgan fingerprint density at radius 2 is 1.93 bits per heavy atom. The molecule has 0 radical (unpaired) electrons. The molecule has 3 saturated carbocycles. The number of allylic oxidation sites excluding steroid dienone is 1. The van der Waals surface area contributed by atoms with Crippen LogP contribution in [0.2, 0.25) is 0 Å². The van der Waals surface area contributed by atoms with Crippen molar-refractivity contribution in [3.63, 3.8) is 0 Å². The van der Waals surface area contributed by atoms with Crippen molar-refractivity contribution >= 4 is 17.5 Å². The second kappa shape index (κ2) is 6.77. The highest BCUT2D eigenvalue weighted by atomic mass is 19.1. The van der Waals surface area contributed by atoms with Gasteiger partial charge in [0.25, 0.3) is 0 Å². The Morgan fingerprint density at radius 3 is 2.64 bits per heavy atom. The Bertz CT molecular complexity index is 743. The number of esters is 1. The van der Waals surface area contributed by atoms with Gasteiger partial charge in [-0.15, -0.1) is 0 Å². The van der Waals surface area contributed by atoms with Crippen LogP contribution in [0.15, 0.2) is 11.6 Å². The van der Waals surface area contributed by atoms with E-state index in [0.29, 0.717) is 24.7 Å². The van der Waals surface area contributed by atoms with Crippen LogP contribution in [0.4, 0.5) is 4.39 Å². The number of hydrogen-bond acceptors (Lipinski definition) is 4. The second-order valence-electron chi connectivity index (χ2n) is 9.98. The lowest BCUT2D eigenvalue weighted by Gasteiger charge is -2.58. The number of fused-ring (bicyclic) bond motifs is 5. The van der Waals surface area contributed by atoms with Crippen LogP contribution >= 0.6 is 0 Å². The molecule has 0 spiro atoms. The molecule has 4 aliphatic rings. The molecular weight excluding hydrogens is 359 g/mol. The van der Waals surface area contributed by atoms with Gasteiger partial charge in [-0.3, -0.25) is 14.4 Å². The van der Waals surface area contributed by atoms with Gasteiger partial charge in [0, 0.05) is 19.3 Å². The third-order valence-electron chi connectivity index (χ3n) is 8.75. The molecule has 0 aliphatic heterocycles. The zero-order valence-electron chi connectivity index (χ0n) is 17.1. The Kier molecular flexibility index (Phi) is 4.79. The summed E-state index contributed by atoms with van der Waals surface area (Å²) < 4.78 is 20.2. The van der Waals surface area contributed by atoms with Gasteiger partial charge in [-0.25, -0.2) is 4.39 Å². The maximum atomic E-state index is 15.2. The zero-order valence-corrected chi connectivity index (χ0v) is 17.1. The van der Waals surface area contributed by atoms with E-state index in [2.05, 4.69) is 13.8 Å². The maximum Gasteiger partial charge on any atom is 0.303 e. The number of ether oxygens (including phenoxy) is 1. The van der Waals surface area contributed by atoms with Crippen molar-refractivity contribution in [2.75, 3.05) is 6.61 Å². The summed E-state index contributed by atoms with van der Waals surface area (Å²) in [5.74, 6) is 0.520. The van der Waals surface area contributed by atoms with Crippen LogP contribution < -0.4 is 0 Å². The monoisotopic (exact) mass is 390 g/mol. The van der Waals surface area contributed by atoms with E-state index >= 15 is 4.39 Å². The first-order valence-corrected chi connectivity index (χ1v) is 10.7. The van der Waals surface area contributed by atoms with Gasteiger partial charge in [0.05, 0.1) is 0 Å². The predicted molar refractivity (Wildman–Crippen MR) is 102 cm³/mol. The van der Waals surface area contributed by atoms with Crippen LogP contribution in [0, 0.1) is 34.5 Å². The van der Waals surface area contributed by atoms with E-state index in [9.17, 15) is 14.4 Å². The maximum absolute atomic E-state index is 15.2. The fourth-order valence-electron chi connectivity index (χ4n) is 7.36. The minimum atomic E-state index is -1.05. The Balaban J connectivity index is 1.59. The number of carbonyl (C=O) groups is 3. The summed E-state index contributed by atoms with van der Waals surface area (Å²) in [4.78, 5) is 35.8. The van der Waals surface area contributed by atoms with E-state index in [1.165, 1.54) is 6.92 Å². The SMILES string of the molecule is CC(=O)OCC(=O)[C@H]1CC[C@H]2[C@@H]3CC(F)C4=CC(=O)CC[C@]4(C)[C@H]3CC[C@]12C. The van der Waals surface area contributed by atoms with Crippen molar-refractivity contribution in [2.24, 2.45) is 34.5 Å². The molecule has 28 heavy (non-hydrogen) atoms. The largest absolute Gasteiger partial charge is 0.458 e. The van der Waals surface area contributed by atoms with Crippen LogP contribution in [-0.2, 0) is 19.1 Å². The van der Waals surface area contributed by atoms with Crippen LogP contribution in [0.3, 0.4) is 0 Å². The standard InChI is InChI=1S/C23H31FO4/c1-13(25)28-12-21(27)18-5-4-16-15-11-20(24)19-10-14(26)6-8-23(19,3)17(15)7-9-22(16,18)2/h10,15-18,20H,4-9,11-12H2,1-3H3/t15-,16-,17-,18+,20?,22-,23+/m0/s1. The highest BCUT2D eigenvalue weighted by Gasteiger charge is 2.61. The first kappa shape index (κ1) is 19.8. The van der Waals surface area contributed by atoms with E-state index in [4.69, 9.17) is 4.74 Å². The average molecular weight is 390 g/mol. The number of Topliss-reactive ketones (excluding diaryl/α,β-unsaturated/α-hetero) is 1. The molecule has 1 unspecified atom stereocenters. The molecule has 0 bridgehead atoms. The quantitative estimate of drug-likeness (QED) is 0.677. The highest BCUT2D eigenvalue weighted by Crippen LogP contribution is 2.67. The van der Waals surface area contributed by atoms with Crippen LogP contribution in [-0.4, -0.2) is 30.3 Å². The molecule has 3 fully saturated rings. The van der Waals surface area contributed by atoms with Crippen molar-refractivity contribution in [1.29, 1.82) is 0 Å². The van der Waals surface area contributed by atoms with Gasteiger partial charge in [0.15, 0.2) is 11.6 Å². The molecule has 0 heterocycles. The minimum Gasteiger partial charge on any atom is -0.458 e. The molecule has 4 rings (SSSR count). The van der Waals surface area contributed by atoms with Gasteiger partial charge in [-0.1, -0.05) is 13.8 Å². The van der Waals surface area contributed by atoms with E-state index in [1.54, 1.807) is 6.08 Å². The van der Waals surface area contributed by atoms with Crippen LogP contribution in [0.25, 0.3) is 0 Å². The molecule has 0 aromatic carbocycles. The van der Waals surface area contributed by atoms with Crippen LogP contribution in [0.5, 0.6) is 0 Å². The van der Waals surface area contributed by atoms with E-state index in [-0.39, 0.29) is 40.8 Å². The summed E-state index contributed by atoms with van der Waals surface area (Å²) in [6.45, 7) is 5.54. The van der Waals surface area contributed by atoms with Crippen LogP contribution in [0.1, 0.15) is 65.7 Å². The van der Waals surface area contributed by atoms with Crippen molar-refractivity contribution in [3.05, 3.63) is 11.6 Å². The average Bonchev–Trinajstić information content (AvgIpc) is 2.99. The molecule has 7 atom stereocenters. The number of hydrogen-bond donors (Lipinski definition) is 0. The van der Waals surface area contributed by atoms with Crippen molar-refractivity contribution in [2.45, 2.75) is 71.9 Å². The molecule has 0 saturated heterocycles. The lowest BCUT2D eigenvalue weighted by atomic mass is 9.46. The Morgan fingerprint density at radius 1 is 1.18 bits per heavy atom. The molecule has 5 heteroatoms. The molecular formula is C23H31FO4. The highest BCUT2D eigenvalue weighted by molar-refractivity contribution is 5.92. The minimum absolute atomic E-state index is 0.0151. The number of ketones is 2. The molecule has 4 aliphatic carbocycles. The molecule has 0 N–H and O–H groups in total. The van der Waals surface area contributed by atoms with Crippen molar-refractivity contribution in [3.8, 4) is 0 Å². The number of alkyl halides is 1. The van der Waals surface area contributed by atoms with Gasteiger partial charge >= 0.3 is 5.97 Å². The summed E-state index contributed by atoms with van der Waals surface area (Å²) in [6, 6.07) is 0. The lowest BCUT2D eigenvalue weighted by molar-refractivity contribution is -0.149. The summed E-state index contributed by atoms with van der Waals surface area (Å²) in [6.07, 6.45) is 5.96.